The Kier molecular flexibility index (Phi) is 6.11. The molecule has 0 bridgehead atoms. The lowest BCUT2D eigenvalue weighted by atomic mass is 10.0. The first-order valence-electron chi connectivity index (χ1n) is 8.03. The topological polar surface area (TPSA) is 78.7 Å². The fourth-order valence-corrected chi connectivity index (χ4v) is 2.28. The molecule has 0 amide bonds. The highest BCUT2D eigenvalue weighted by Gasteiger charge is 2.20. The van der Waals surface area contributed by atoms with Crippen molar-refractivity contribution in [2.75, 3.05) is 13.2 Å². The Labute approximate surface area is 146 Å². The average molecular weight is 343 g/mol. The molecule has 6 nitrogen and oxygen atoms in total. The minimum absolute atomic E-state index is 0.123. The average Bonchev–Trinajstić information content (AvgIpc) is 2.58. The fraction of sp³-hybridized carbons (Fsp3) is 0.316. The molecule has 132 valence electrons. The van der Waals surface area contributed by atoms with E-state index >= 15 is 0 Å². The van der Waals surface area contributed by atoms with Gasteiger partial charge < -0.3 is 9.47 Å². The first-order valence-corrected chi connectivity index (χ1v) is 8.03. The van der Waals surface area contributed by atoms with Crippen molar-refractivity contribution in [3.05, 3.63) is 63.7 Å². The summed E-state index contributed by atoms with van der Waals surface area (Å²) in [6.07, 6.45) is 0. The minimum Gasteiger partial charge on any atom is -0.490 e. The Morgan fingerprint density at radius 2 is 1.84 bits per heavy atom. The maximum atomic E-state index is 12.0. The molecule has 2 aromatic carbocycles. The lowest BCUT2D eigenvalue weighted by Gasteiger charge is -2.10. The molecule has 0 heterocycles. The zero-order valence-corrected chi connectivity index (χ0v) is 14.5. The predicted octanol–water partition coefficient (Wildman–Crippen LogP) is 4.20. The summed E-state index contributed by atoms with van der Waals surface area (Å²) in [6, 6.07) is 11.9. The highest BCUT2D eigenvalue weighted by Crippen LogP contribution is 2.29. The summed E-state index contributed by atoms with van der Waals surface area (Å²) in [6.45, 7) is 5.88. The predicted molar refractivity (Wildman–Crippen MR) is 94.4 cm³/mol. The number of aryl methyl sites for hydroxylation is 1. The van der Waals surface area contributed by atoms with Gasteiger partial charge in [-0.15, -0.1) is 0 Å². The number of nitro groups is 1. The number of carbonyl (C=O) groups is 1. The molecular formula is C19H21NO5. The second-order valence-electron chi connectivity index (χ2n) is 5.97. The van der Waals surface area contributed by atoms with Gasteiger partial charge in [0.15, 0.2) is 11.5 Å². The van der Waals surface area contributed by atoms with E-state index in [9.17, 15) is 14.9 Å². The number of carbonyl (C=O) groups excluding carboxylic acids is 1. The van der Waals surface area contributed by atoms with Crippen LogP contribution in [0.25, 0.3) is 0 Å². The van der Waals surface area contributed by atoms with E-state index in [2.05, 4.69) is 0 Å². The fourth-order valence-electron chi connectivity index (χ4n) is 2.28. The molecule has 0 saturated carbocycles. The number of hydrogen-bond acceptors (Lipinski definition) is 5. The largest absolute Gasteiger partial charge is 0.490 e. The van der Waals surface area contributed by atoms with Crippen LogP contribution in [0.5, 0.6) is 11.5 Å². The number of nitrogens with zero attached hydrogens (tertiary/aromatic N) is 1. The van der Waals surface area contributed by atoms with Gasteiger partial charge in [-0.05, 0) is 36.8 Å². The summed E-state index contributed by atoms with van der Waals surface area (Å²) in [4.78, 5) is 22.7. The Bertz CT molecular complexity index is 770. The third-order valence-electron chi connectivity index (χ3n) is 3.56. The molecule has 6 heteroatoms. The van der Waals surface area contributed by atoms with Gasteiger partial charge in [-0.25, -0.2) is 0 Å². The summed E-state index contributed by atoms with van der Waals surface area (Å²) in [5.74, 6) is 0.473. The first-order chi connectivity index (χ1) is 11.9. The standard InChI is InChI=1S/C19H21NO5/c1-13(2)19(21)15-7-8-18(17(12-15)20(22)23)25-10-9-24-16-6-4-5-14(3)11-16/h4-8,11-13H,9-10H2,1-3H3. The van der Waals surface area contributed by atoms with E-state index in [-0.39, 0.29) is 36.4 Å². The van der Waals surface area contributed by atoms with Crippen LogP contribution in [-0.4, -0.2) is 23.9 Å². The number of rotatable bonds is 8. The smallest absolute Gasteiger partial charge is 0.311 e. The molecule has 0 aliphatic carbocycles. The number of ether oxygens (including phenoxy) is 2. The lowest BCUT2D eigenvalue weighted by Crippen LogP contribution is -2.11. The number of hydrogen-bond donors (Lipinski definition) is 0. The van der Waals surface area contributed by atoms with Crippen molar-refractivity contribution >= 4 is 11.5 Å². The molecule has 2 rings (SSSR count). The zero-order valence-electron chi connectivity index (χ0n) is 14.5. The van der Waals surface area contributed by atoms with Gasteiger partial charge in [-0.2, -0.15) is 0 Å². The third kappa shape index (κ3) is 5.04. The van der Waals surface area contributed by atoms with Crippen LogP contribution in [0.15, 0.2) is 42.5 Å². The second-order valence-corrected chi connectivity index (χ2v) is 5.97. The molecule has 0 aliphatic rings. The van der Waals surface area contributed by atoms with E-state index in [1.165, 1.54) is 12.1 Å². The molecule has 2 aromatic rings. The molecule has 0 aliphatic heterocycles. The summed E-state index contributed by atoms with van der Waals surface area (Å²) in [7, 11) is 0. The van der Waals surface area contributed by atoms with Gasteiger partial charge in [0.2, 0.25) is 0 Å². The molecule has 0 unspecified atom stereocenters. The Morgan fingerprint density at radius 1 is 1.12 bits per heavy atom. The van der Waals surface area contributed by atoms with E-state index in [1.54, 1.807) is 19.9 Å². The van der Waals surface area contributed by atoms with Crippen LogP contribution in [0, 0.1) is 23.0 Å². The van der Waals surface area contributed by atoms with Crippen LogP contribution in [0.1, 0.15) is 29.8 Å². The van der Waals surface area contributed by atoms with Gasteiger partial charge in [0, 0.05) is 17.5 Å². The number of benzene rings is 2. The Balaban J connectivity index is 2.01. The first kappa shape index (κ1) is 18.4. The van der Waals surface area contributed by atoms with E-state index in [0.29, 0.717) is 5.56 Å². The number of Topliss-reactive ketones (excluding diaryl/α,β-unsaturated/α-hetero) is 1. The van der Waals surface area contributed by atoms with Crippen molar-refractivity contribution in [3.63, 3.8) is 0 Å². The molecule has 0 aromatic heterocycles. The minimum atomic E-state index is -0.548. The van der Waals surface area contributed by atoms with Crippen molar-refractivity contribution in [3.8, 4) is 11.5 Å². The summed E-state index contributed by atoms with van der Waals surface area (Å²) >= 11 is 0. The molecular weight excluding hydrogens is 322 g/mol. The van der Waals surface area contributed by atoms with E-state index in [4.69, 9.17) is 9.47 Å². The van der Waals surface area contributed by atoms with E-state index in [1.807, 2.05) is 31.2 Å². The van der Waals surface area contributed by atoms with Crippen LogP contribution >= 0.6 is 0 Å². The molecule has 0 atom stereocenters. The molecule has 0 saturated heterocycles. The number of nitro benzene ring substituents is 1. The summed E-state index contributed by atoms with van der Waals surface area (Å²) < 4.78 is 11.0. The monoisotopic (exact) mass is 343 g/mol. The van der Waals surface area contributed by atoms with Crippen molar-refractivity contribution < 1.29 is 19.2 Å². The highest BCUT2D eigenvalue weighted by molar-refractivity contribution is 5.98. The molecule has 0 fully saturated rings. The van der Waals surface area contributed by atoms with Crippen molar-refractivity contribution in [2.45, 2.75) is 20.8 Å². The van der Waals surface area contributed by atoms with Crippen LogP contribution in [0.4, 0.5) is 5.69 Å². The Hall–Kier alpha value is -2.89. The van der Waals surface area contributed by atoms with Crippen molar-refractivity contribution in [1.82, 2.24) is 0 Å². The molecule has 0 radical (unpaired) electrons. The van der Waals surface area contributed by atoms with Crippen molar-refractivity contribution in [1.29, 1.82) is 0 Å². The third-order valence-corrected chi connectivity index (χ3v) is 3.56. The highest BCUT2D eigenvalue weighted by atomic mass is 16.6. The van der Waals surface area contributed by atoms with Gasteiger partial charge in [0.25, 0.3) is 0 Å². The maximum absolute atomic E-state index is 12.0. The summed E-state index contributed by atoms with van der Waals surface area (Å²) in [5, 5.41) is 11.2. The van der Waals surface area contributed by atoms with Gasteiger partial charge in [-0.1, -0.05) is 26.0 Å². The van der Waals surface area contributed by atoms with Crippen LogP contribution in [0.2, 0.25) is 0 Å². The quantitative estimate of drug-likeness (QED) is 0.311. The lowest BCUT2D eigenvalue weighted by molar-refractivity contribution is -0.385. The molecule has 25 heavy (non-hydrogen) atoms. The van der Waals surface area contributed by atoms with Crippen LogP contribution < -0.4 is 9.47 Å². The van der Waals surface area contributed by atoms with Crippen molar-refractivity contribution in [2.24, 2.45) is 5.92 Å². The van der Waals surface area contributed by atoms with Gasteiger partial charge in [-0.3, -0.25) is 14.9 Å². The van der Waals surface area contributed by atoms with E-state index in [0.717, 1.165) is 11.3 Å². The van der Waals surface area contributed by atoms with Gasteiger partial charge >= 0.3 is 5.69 Å². The Morgan fingerprint density at radius 3 is 2.48 bits per heavy atom. The van der Waals surface area contributed by atoms with E-state index < -0.39 is 4.92 Å². The second kappa shape index (κ2) is 8.28. The SMILES string of the molecule is Cc1cccc(OCCOc2ccc(C(=O)C(C)C)cc2[N+](=O)[O-])c1. The number of ketones is 1. The maximum Gasteiger partial charge on any atom is 0.311 e. The molecule has 0 spiro atoms. The van der Waals surface area contributed by atoms with Crippen LogP contribution in [-0.2, 0) is 0 Å². The molecule has 0 N–H and O–H groups in total. The van der Waals surface area contributed by atoms with Gasteiger partial charge in [0.05, 0.1) is 4.92 Å². The van der Waals surface area contributed by atoms with Crippen LogP contribution in [0.3, 0.4) is 0 Å². The normalized spacial score (nSPS) is 10.6. The zero-order chi connectivity index (χ0) is 18.4. The van der Waals surface area contributed by atoms with Gasteiger partial charge in [0.1, 0.15) is 19.0 Å². The summed E-state index contributed by atoms with van der Waals surface area (Å²) in [5.41, 5.74) is 1.17.